The lowest BCUT2D eigenvalue weighted by atomic mass is 10.3. The number of pyridine rings is 1. The largest absolute Gasteiger partial charge is 0.383 e. The summed E-state index contributed by atoms with van der Waals surface area (Å²) in [6.45, 7) is 2.84. The Labute approximate surface area is 97.5 Å². The number of aromatic nitrogens is 5. The van der Waals surface area contributed by atoms with Gasteiger partial charge in [0.1, 0.15) is 17.2 Å². The van der Waals surface area contributed by atoms with Crippen molar-refractivity contribution in [3.8, 4) is 11.4 Å². The summed E-state index contributed by atoms with van der Waals surface area (Å²) >= 11 is 0. The fourth-order valence-electron chi connectivity index (χ4n) is 1.94. The van der Waals surface area contributed by atoms with Crippen molar-refractivity contribution in [2.45, 2.75) is 13.5 Å². The third-order valence-corrected chi connectivity index (χ3v) is 2.73. The number of nitrogen functional groups attached to an aromatic ring is 1. The van der Waals surface area contributed by atoms with Crippen LogP contribution in [0.15, 0.2) is 24.5 Å². The van der Waals surface area contributed by atoms with Crippen LogP contribution in [0, 0.1) is 0 Å². The highest BCUT2D eigenvalue weighted by molar-refractivity contribution is 5.79. The van der Waals surface area contributed by atoms with Crippen molar-refractivity contribution in [1.82, 2.24) is 24.7 Å². The number of hydrogen-bond donors (Lipinski definition) is 2. The fraction of sp³-hybridized carbons (Fsp3) is 0.182. The Hall–Kier alpha value is -2.37. The van der Waals surface area contributed by atoms with Crippen molar-refractivity contribution in [1.29, 1.82) is 0 Å². The number of H-pyrrole nitrogens is 1. The minimum Gasteiger partial charge on any atom is -0.383 e. The quantitative estimate of drug-likeness (QED) is 0.694. The molecule has 6 heteroatoms. The molecule has 0 aliphatic rings. The normalized spacial score (nSPS) is 11.1. The molecule has 0 aromatic carbocycles. The van der Waals surface area contributed by atoms with Gasteiger partial charge in [-0.05, 0) is 19.1 Å². The predicted molar refractivity (Wildman–Crippen MR) is 65.2 cm³/mol. The number of anilines is 1. The first-order valence-electron chi connectivity index (χ1n) is 5.41. The molecule has 0 saturated heterocycles. The Balaban J connectivity index is 2.33. The van der Waals surface area contributed by atoms with Crippen molar-refractivity contribution < 1.29 is 0 Å². The first kappa shape index (κ1) is 9.83. The van der Waals surface area contributed by atoms with Gasteiger partial charge >= 0.3 is 0 Å². The molecule has 0 spiro atoms. The molecule has 3 rings (SSSR count). The third kappa shape index (κ3) is 1.37. The Morgan fingerprint density at radius 3 is 3.06 bits per heavy atom. The van der Waals surface area contributed by atoms with E-state index in [-0.39, 0.29) is 0 Å². The number of rotatable bonds is 2. The molecule has 0 bridgehead atoms. The molecule has 0 atom stereocenters. The van der Waals surface area contributed by atoms with E-state index in [1.165, 1.54) is 0 Å². The number of nitrogens with one attached hydrogen (secondary N) is 1. The van der Waals surface area contributed by atoms with Gasteiger partial charge in [-0.3, -0.25) is 5.10 Å². The molecule has 0 saturated carbocycles. The molecular formula is C11H12N6. The molecule has 3 aromatic heterocycles. The topological polar surface area (TPSA) is 85.4 Å². The number of aryl methyl sites for hydroxylation is 1. The van der Waals surface area contributed by atoms with E-state index in [0.29, 0.717) is 5.82 Å². The minimum absolute atomic E-state index is 0.523. The van der Waals surface area contributed by atoms with Crippen LogP contribution in [0.5, 0.6) is 0 Å². The van der Waals surface area contributed by atoms with E-state index in [9.17, 15) is 0 Å². The number of aromatic amines is 1. The lowest BCUT2D eigenvalue weighted by Crippen LogP contribution is -1.99. The highest BCUT2D eigenvalue weighted by atomic mass is 15.2. The van der Waals surface area contributed by atoms with Gasteiger partial charge in [-0.15, -0.1) is 0 Å². The molecule has 0 unspecified atom stereocenters. The van der Waals surface area contributed by atoms with Gasteiger partial charge in [-0.25, -0.2) is 9.97 Å². The second kappa shape index (κ2) is 3.58. The number of nitrogens with two attached hydrogens (primary N) is 1. The van der Waals surface area contributed by atoms with Crippen LogP contribution < -0.4 is 5.73 Å². The predicted octanol–water partition coefficient (Wildman–Crippen LogP) is 1.42. The van der Waals surface area contributed by atoms with Crippen molar-refractivity contribution in [3.05, 3.63) is 24.5 Å². The van der Waals surface area contributed by atoms with Gasteiger partial charge in [0.2, 0.25) is 0 Å². The highest BCUT2D eigenvalue weighted by Crippen LogP contribution is 2.26. The molecule has 17 heavy (non-hydrogen) atoms. The van der Waals surface area contributed by atoms with Crippen LogP contribution in [0.1, 0.15) is 6.92 Å². The Morgan fingerprint density at radius 1 is 1.47 bits per heavy atom. The van der Waals surface area contributed by atoms with Gasteiger partial charge in [0, 0.05) is 12.7 Å². The SMILES string of the molecule is CCn1c(-c2cn[nH]c2N)nc2cccnc21. The van der Waals surface area contributed by atoms with Crippen LogP contribution in [-0.4, -0.2) is 24.7 Å². The van der Waals surface area contributed by atoms with Crippen molar-refractivity contribution in [2.24, 2.45) is 0 Å². The zero-order valence-electron chi connectivity index (χ0n) is 9.38. The Kier molecular flexibility index (Phi) is 2.07. The zero-order chi connectivity index (χ0) is 11.8. The molecule has 6 nitrogen and oxygen atoms in total. The summed E-state index contributed by atoms with van der Waals surface area (Å²) in [7, 11) is 0. The Bertz CT molecular complexity index is 665. The van der Waals surface area contributed by atoms with Gasteiger partial charge in [0.25, 0.3) is 0 Å². The number of nitrogens with zero attached hydrogens (tertiary/aromatic N) is 4. The maximum Gasteiger partial charge on any atom is 0.160 e. The molecular weight excluding hydrogens is 216 g/mol. The smallest absolute Gasteiger partial charge is 0.160 e. The van der Waals surface area contributed by atoms with Crippen LogP contribution in [0.2, 0.25) is 0 Å². The maximum absolute atomic E-state index is 5.83. The minimum atomic E-state index is 0.523. The highest BCUT2D eigenvalue weighted by Gasteiger charge is 2.15. The van der Waals surface area contributed by atoms with Crippen LogP contribution in [0.25, 0.3) is 22.6 Å². The Morgan fingerprint density at radius 2 is 2.35 bits per heavy atom. The fourth-order valence-corrected chi connectivity index (χ4v) is 1.94. The summed E-state index contributed by atoms with van der Waals surface area (Å²) < 4.78 is 2.02. The lowest BCUT2D eigenvalue weighted by Gasteiger charge is -2.03. The molecule has 0 radical (unpaired) electrons. The first-order valence-corrected chi connectivity index (χ1v) is 5.41. The summed E-state index contributed by atoms with van der Waals surface area (Å²) in [5.74, 6) is 1.32. The molecule has 86 valence electrons. The van der Waals surface area contributed by atoms with Crippen LogP contribution in [0.3, 0.4) is 0 Å². The van der Waals surface area contributed by atoms with Gasteiger partial charge in [0.05, 0.1) is 11.8 Å². The summed E-state index contributed by atoms with van der Waals surface area (Å²) in [4.78, 5) is 8.89. The average Bonchev–Trinajstić information content (AvgIpc) is 2.91. The first-order chi connectivity index (χ1) is 8.31. The van der Waals surface area contributed by atoms with E-state index in [1.807, 2.05) is 16.7 Å². The van der Waals surface area contributed by atoms with Gasteiger partial charge in [0.15, 0.2) is 5.65 Å². The van der Waals surface area contributed by atoms with Gasteiger partial charge in [-0.2, -0.15) is 5.10 Å². The monoisotopic (exact) mass is 228 g/mol. The van der Waals surface area contributed by atoms with Gasteiger partial charge < -0.3 is 10.3 Å². The van der Waals surface area contributed by atoms with Crippen molar-refractivity contribution >= 4 is 17.0 Å². The standard InChI is InChI=1S/C11H12N6/c1-2-17-10(7-6-14-16-9(7)12)15-8-4-3-5-13-11(8)17/h3-6H,2H2,1H3,(H3,12,14,16). The molecule has 3 aromatic rings. The molecule has 0 aliphatic heterocycles. The van der Waals surface area contributed by atoms with E-state index in [0.717, 1.165) is 29.1 Å². The van der Waals surface area contributed by atoms with Crippen molar-refractivity contribution in [2.75, 3.05) is 5.73 Å². The molecule has 0 fully saturated rings. The number of hydrogen-bond acceptors (Lipinski definition) is 4. The summed E-state index contributed by atoms with van der Waals surface area (Å²) in [5.41, 5.74) is 8.37. The second-order valence-corrected chi connectivity index (χ2v) is 3.72. The van der Waals surface area contributed by atoms with E-state index >= 15 is 0 Å². The lowest BCUT2D eigenvalue weighted by molar-refractivity contribution is 0.787. The summed E-state index contributed by atoms with van der Waals surface area (Å²) in [5, 5.41) is 6.64. The maximum atomic E-state index is 5.83. The van der Waals surface area contributed by atoms with Crippen LogP contribution in [-0.2, 0) is 6.54 Å². The average molecular weight is 228 g/mol. The van der Waals surface area contributed by atoms with E-state index in [1.54, 1.807) is 12.4 Å². The van der Waals surface area contributed by atoms with Crippen LogP contribution >= 0.6 is 0 Å². The molecule has 3 N–H and O–H groups in total. The van der Waals surface area contributed by atoms with Gasteiger partial charge in [-0.1, -0.05) is 0 Å². The molecule has 0 amide bonds. The second-order valence-electron chi connectivity index (χ2n) is 3.72. The molecule has 0 aliphatic carbocycles. The number of imidazole rings is 1. The van der Waals surface area contributed by atoms with Crippen LogP contribution in [0.4, 0.5) is 5.82 Å². The van der Waals surface area contributed by atoms with Crippen molar-refractivity contribution in [3.63, 3.8) is 0 Å². The molecule has 3 heterocycles. The van der Waals surface area contributed by atoms with E-state index < -0.39 is 0 Å². The summed E-state index contributed by atoms with van der Waals surface area (Å²) in [6, 6.07) is 3.81. The summed E-state index contributed by atoms with van der Waals surface area (Å²) in [6.07, 6.45) is 3.45. The van der Waals surface area contributed by atoms with E-state index in [4.69, 9.17) is 5.73 Å². The third-order valence-electron chi connectivity index (χ3n) is 2.73. The van der Waals surface area contributed by atoms with E-state index in [2.05, 4.69) is 27.1 Å². The zero-order valence-corrected chi connectivity index (χ0v) is 9.38. The number of fused-ring (bicyclic) bond motifs is 1.